The van der Waals surface area contributed by atoms with E-state index in [0.29, 0.717) is 10.6 Å². The molecule has 2 aliphatic rings. The summed E-state index contributed by atoms with van der Waals surface area (Å²) < 4.78 is 35.7. The molecule has 208 valence electrons. The van der Waals surface area contributed by atoms with Crippen LogP contribution in [0.1, 0.15) is 13.8 Å². The molecule has 0 spiro atoms. The number of carbonyl (C=O) groups is 2. The molecule has 3 aromatic carbocycles. The lowest BCUT2D eigenvalue weighted by atomic mass is 10.0. The number of hydroxylamine groups is 2. The quantitative estimate of drug-likeness (QED) is 0.198. The van der Waals surface area contributed by atoms with Crippen LogP contribution in [0.4, 0.5) is 4.79 Å². The molecule has 2 bridgehead atoms. The van der Waals surface area contributed by atoms with Gasteiger partial charge in [0.15, 0.2) is 0 Å². The summed E-state index contributed by atoms with van der Waals surface area (Å²) in [4.78, 5) is 24.0. The second-order valence-electron chi connectivity index (χ2n) is 9.23. The zero-order valence-electron chi connectivity index (χ0n) is 22.0. The Balaban J connectivity index is 0.000000189. The highest BCUT2D eigenvalue weighted by Gasteiger charge is 2.48. The largest absolute Gasteiger partial charge is 0.724 e. The molecule has 1 fully saturated rings. The van der Waals surface area contributed by atoms with E-state index in [1.165, 1.54) is 22.0 Å². The van der Waals surface area contributed by atoms with Crippen molar-refractivity contribution in [2.45, 2.75) is 25.9 Å². The van der Waals surface area contributed by atoms with Crippen molar-refractivity contribution in [1.29, 1.82) is 0 Å². The Morgan fingerprint density at radius 2 is 1.40 bits per heavy atom. The number of primary amides is 1. The number of allylic oxidation sites excluding steroid dienone is 1. The lowest BCUT2D eigenvalue weighted by Gasteiger charge is -2.26. The van der Waals surface area contributed by atoms with Crippen LogP contribution in [0.5, 0.6) is 0 Å². The van der Waals surface area contributed by atoms with E-state index in [4.69, 9.17) is 5.73 Å². The first-order chi connectivity index (χ1) is 19.1. The van der Waals surface area contributed by atoms with Gasteiger partial charge in [-0.15, -0.1) is 0 Å². The molecule has 11 heteroatoms. The van der Waals surface area contributed by atoms with Gasteiger partial charge in [-0.05, 0) is 55.8 Å². The van der Waals surface area contributed by atoms with Gasteiger partial charge in [-0.1, -0.05) is 66.7 Å². The maximum atomic E-state index is 11.8. The van der Waals surface area contributed by atoms with E-state index in [9.17, 15) is 22.6 Å². The average molecular weight is 580 g/mol. The zero-order valence-corrected chi connectivity index (χ0v) is 23.7. The number of urea groups is 1. The van der Waals surface area contributed by atoms with Gasteiger partial charge < -0.3 is 15.2 Å². The van der Waals surface area contributed by atoms with E-state index < -0.39 is 41.7 Å². The minimum absolute atomic E-state index is 0.0459. The molecule has 0 saturated carbocycles. The number of amides is 3. The Hall–Kier alpha value is -3.82. The number of hydrogen-bond acceptors (Lipinski definition) is 6. The second-order valence-corrected chi connectivity index (χ2v) is 13.5. The minimum Gasteiger partial charge on any atom is -0.724 e. The Morgan fingerprint density at radius 1 is 0.950 bits per heavy atom. The standard InChI is InChI=1S/C21H20P.C8H11N3O6S/c1-2-18-22(19-12-6-3-7-13-19,20-14-8-4-9-15-20)21-16-10-5-11-17-21;1-4-2-5(7(9)12)10-3-6(4)11(8(10)13)17-18(14,15)16/h2-18H,1H3;2,5-6H,3H2,1H3,(H2,9,12)(H,14,15,16)/q+1;/p-1/t;5-,6-/m.0/s1. The zero-order chi connectivity index (χ0) is 28.9. The molecule has 2 aliphatic heterocycles. The predicted octanol–water partition coefficient (Wildman–Crippen LogP) is 2.81. The van der Waals surface area contributed by atoms with Gasteiger partial charge in [-0.2, -0.15) is 9.35 Å². The van der Waals surface area contributed by atoms with Gasteiger partial charge in [0.2, 0.25) is 16.3 Å². The molecular formula is C29H30N3O6PS. The molecule has 0 radical (unpaired) electrons. The summed E-state index contributed by atoms with van der Waals surface area (Å²) in [6.45, 7) is 3.75. The lowest BCUT2D eigenvalue weighted by molar-refractivity contribution is -0.120. The third-order valence-corrected chi connectivity index (χ3v) is 11.1. The Labute approximate surface area is 234 Å². The molecule has 9 nitrogen and oxygen atoms in total. The molecule has 40 heavy (non-hydrogen) atoms. The third kappa shape index (κ3) is 6.00. The summed E-state index contributed by atoms with van der Waals surface area (Å²) in [6, 6.07) is 30.1. The summed E-state index contributed by atoms with van der Waals surface area (Å²) in [5.41, 5.74) is 5.66. The number of nitrogens with zero attached hydrogens (tertiary/aromatic N) is 2. The maximum absolute atomic E-state index is 11.8. The maximum Gasteiger partial charge on any atom is 0.346 e. The van der Waals surface area contributed by atoms with E-state index in [1.54, 1.807) is 6.92 Å². The normalized spacial score (nSPS) is 18.8. The van der Waals surface area contributed by atoms with E-state index in [2.05, 4.69) is 114 Å². The van der Waals surface area contributed by atoms with Crippen molar-refractivity contribution in [2.75, 3.05) is 6.54 Å². The van der Waals surface area contributed by atoms with Crippen LogP contribution >= 0.6 is 7.26 Å². The fraction of sp³-hybridized carbons (Fsp3) is 0.172. The lowest BCUT2D eigenvalue weighted by Crippen LogP contribution is -2.46. The van der Waals surface area contributed by atoms with Gasteiger partial charge in [0.1, 0.15) is 35.3 Å². The highest BCUT2D eigenvalue weighted by molar-refractivity contribution is 7.98. The van der Waals surface area contributed by atoms with E-state index in [1.807, 2.05) is 0 Å². The number of rotatable bonds is 7. The first-order valence-electron chi connectivity index (χ1n) is 12.5. The molecule has 2 N–H and O–H groups in total. The summed E-state index contributed by atoms with van der Waals surface area (Å²) in [5.74, 6) is 1.67. The number of carbonyl (C=O) groups excluding carboxylic acids is 2. The van der Waals surface area contributed by atoms with Gasteiger partial charge in [-0.25, -0.2) is 13.2 Å². The summed E-state index contributed by atoms with van der Waals surface area (Å²) >= 11 is 0. The van der Waals surface area contributed by atoms with Crippen LogP contribution in [0, 0.1) is 0 Å². The van der Waals surface area contributed by atoms with Gasteiger partial charge in [0.25, 0.3) is 0 Å². The molecule has 3 amide bonds. The predicted molar refractivity (Wildman–Crippen MR) is 155 cm³/mol. The molecule has 0 aromatic heterocycles. The SMILES string of the molecule is CC1=C[C@@H](C(N)=O)N2C[C@@H]1N(OS(=O)(=O)[O-])C2=O.CC=C[P+](c1ccccc1)(c1ccccc1)c1ccccc1. The molecule has 1 saturated heterocycles. The van der Waals surface area contributed by atoms with Crippen molar-refractivity contribution < 1.29 is 26.8 Å². The second kappa shape index (κ2) is 12.1. The Kier molecular flexibility index (Phi) is 8.85. The van der Waals surface area contributed by atoms with Gasteiger partial charge in [0.05, 0.1) is 12.4 Å². The number of fused-ring (bicyclic) bond motifs is 2. The highest BCUT2D eigenvalue weighted by atomic mass is 32.3. The molecule has 3 aromatic rings. The monoisotopic (exact) mass is 579 g/mol. The Morgan fingerprint density at radius 3 is 1.77 bits per heavy atom. The molecule has 0 aliphatic carbocycles. The van der Waals surface area contributed by atoms with Gasteiger partial charge in [0, 0.05) is 0 Å². The first-order valence-corrected chi connectivity index (χ1v) is 15.7. The van der Waals surface area contributed by atoms with Crippen molar-refractivity contribution in [3.63, 3.8) is 0 Å². The topological polar surface area (TPSA) is 133 Å². The van der Waals surface area contributed by atoms with Crippen molar-refractivity contribution in [3.8, 4) is 0 Å². The number of benzene rings is 3. The minimum atomic E-state index is -5.06. The fourth-order valence-electron chi connectivity index (χ4n) is 4.95. The van der Waals surface area contributed by atoms with Crippen LogP contribution < -0.4 is 21.6 Å². The van der Waals surface area contributed by atoms with E-state index in [0.717, 1.165) is 4.90 Å². The Bertz CT molecular complexity index is 1420. The number of nitrogens with two attached hydrogens (primary N) is 1. The van der Waals surface area contributed by atoms with Gasteiger partial charge >= 0.3 is 6.03 Å². The van der Waals surface area contributed by atoms with Crippen LogP contribution in [0.2, 0.25) is 0 Å². The summed E-state index contributed by atoms with van der Waals surface area (Å²) in [5, 5.41) is 4.64. The van der Waals surface area contributed by atoms with Crippen molar-refractivity contribution in [1.82, 2.24) is 9.96 Å². The fourth-order valence-corrected chi connectivity index (χ4v) is 9.10. The van der Waals surface area contributed by atoms with Crippen LogP contribution in [0.3, 0.4) is 0 Å². The first kappa shape index (κ1) is 29.2. The van der Waals surface area contributed by atoms with Crippen molar-refractivity contribution in [3.05, 3.63) is 115 Å². The molecule has 2 heterocycles. The van der Waals surface area contributed by atoms with Crippen molar-refractivity contribution >= 4 is 45.5 Å². The molecule has 2 atom stereocenters. The highest BCUT2D eigenvalue weighted by Crippen LogP contribution is 2.56. The molecule has 5 rings (SSSR count). The summed E-state index contributed by atoms with van der Waals surface area (Å²) in [6.07, 6.45) is 3.63. The van der Waals surface area contributed by atoms with E-state index >= 15 is 0 Å². The average Bonchev–Trinajstić information content (AvgIpc) is 3.21. The van der Waals surface area contributed by atoms with Crippen LogP contribution in [-0.4, -0.2) is 53.5 Å². The van der Waals surface area contributed by atoms with E-state index in [-0.39, 0.29) is 6.54 Å². The summed E-state index contributed by atoms with van der Waals surface area (Å²) in [7, 11) is -6.79. The number of hydrogen-bond donors (Lipinski definition) is 1. The van der Waals surface area contributed by atoms with Crippen LogP contribution in [0.15, 0.2) is 115 Å². The molecular weight excluding hydrogens is 549 g/mol. The third-order valence-electron chi connectivity index (χ3n) is 6.70. The smallest absolute Gasteiger partial charge is 0.346 e. The van der Waals surface area contributed by atoms with Crippen LogP contribution in [-0.2, 0) is 19.5 Å². The van der Waals surface area contributed by atoms with Crippen LogP contribution in [0.25, 0.3) is 0 Å². The van der Waals surface area contributed by atoms with Crippen molar-refractivity contribution in [2.24, 2.45) is 5.73 Å². The van der Waals surface area contributed by atoms with Gasteiger partial charge in [-0.3, -0.25) is 4.79 Å². The molecule has 0 unspecified atom stereocenters.